The first kappa shape index (κ1) is 14.9. The van der Waals surface area contributed by atoms with Crippen molar-refractivity contribution in [3.63, 3.8) is 0 Å². The average Bonchev–Trinajstić information content (AvgIpc) is 2.56. The fourth-order valence-electron chi connectivity index (χ4n) is 2.73. The number of sulfonamides is 1. The Kier molecular flexibility index (Phi) is 4.03. The Hall–Kier alpha value is -2.07. The van der Waals surface area contributed by atoms with E-state index in [2.05, 4.69) is 0 Å². The molecule has 4 heteroatoms. The van der Waals surface area contributed by atoms with Gasteiger partial charge >= 0.3 is 0 Å². The van der Waals surface area contributed by atoms with Crippen LogP contribution >= 0.6 is 0 Å². The normalized spacial score (nSPS) is 18.4. The first-order chi connectivity index (χ1) is 10.6. The molecular formula is C18H19NO2S. The van der Waals surface area contributed by atoms with E-state index < -0.39 is 10.0 Å². The largest absolute Gasteiger partial charge is 0.266 e. The predicted molar refractivity (Wildman–Crippen MR) is 87.8 cm³/mol. The molecule has 0 fully saturated rings. The number of hydrogen-bond acceptors (Lipinski definition) is 2. The van der Waals surface area contributed by atoms with Crippen molar-refractivity contribution < 1.29 is 8.42 Å². The highest BCUT2D eigenvalue weighted by Gasteiger charge is 2.30. The Morgan fingerprint density at radius 1 is 1.00 bits per heavy atom. The lowest BCUT2D eigenvalue weighted by molar-refractivity contribution is 0.372. The van der Waals surface area contributed by atoms with Gasteiger partial charge in [0, 0.05) is 6.20 Å². The second kappa shape index (κ2) is 5.97. The third-order valence-corrected chi connectivity index (χ3v) is 5.75. The van der Waals surface area contributed by atoms with Gasteiger partial charge in [-0.2, -0.15) is 0 Å². The molecule has 0 aliphatic carbocycles. The summed E-state index contributed by atoms with van der Waals surface area (Å²) in [6.45, 7) is 1.95. The van der Waals surface area contributed by atoms with Crippen LogP contribution in [0.1, 0.15) is 30.0 Å². The third kappa shape index (κ3) is 2.79. The van der Waals surface area contributed by atoms with E-state index in [4.69, 9.17) is 0 Å². The van der Waals surface area contributed by atoms with Crippen molar-refractivity contribution in [2.24, 2.45) is 0 Å². The van der Waals surface area contributed by atoms with E-state index >= 15 is 0 Å². The van der Waals surface area contributed by atoms with Crippen LogP contribution < -0.4 is 0 Å². The molecule has 1 atom stereocenters. The van der Waals surface area contributed by atoms with Crippen molar-refractivity contribution >= 4 is 10.0 Å². The van der Waals surface area contributed by atoms with Crippen LogP contribution in [0.5, 0.6) is 0 Å². The summed E-state index contributed by atoms with van der Waals surface area (Å²) in [6, 6.07) is 16.7. The maximum absolute atomic E-state index is 13.0. The standard InChI is InChI=1S/C18H19NO2S/c1-15-10-12-17(13-11-15)22(20,21)19-14-6-5-9-18(19)16-7-3-2-4-8-16/h2-4,6-8,10-14,18H,5,9H2,1H3. The van der Waals surface area contributed by atoms with Crippen LogP contribution in [0.15, 0.2) is 71.8 Å². The lowest BCUT2D eigenvalue weighted by atomic mass is 10.0. The van der Waals surface area contributed by atoms with Crippen molar-refractivity contribution in [1.29, 1.82) is 0 Å². The molecule has 0 bridgehead atoms. The highest BCUT2D eigenvalue weighted by molar-refractivity contribution is 7.89. The maximum Gasteiger partial charge on any atom is 0.264 e. The quantitative estimate of drug-likeness (QED) is 0.858. The Morgan fingerprint density at radius 3 is 2.36 bits per heavy atom. The molecule has 0 saturated carbocycles. The topological polar surface area (TPSA) is 37.4 Å². The second-order valence-electron chi connectivity index (χ2n) is 5.54. The van der Waals surface area contributed by atoms with Crippen molar-refractivity contribution in [1.82, 2.24) is 4.31 Å². The molecule has 22 heavy (non-hydrogen) atoms. The highest BCUT2D eigenvalue weighted by Crippen LogP contribution is 2.34. The molecule has 0 amide bonds. The molecule has 3 nitrogen and oxygen atoms in total. The summed E-state index contributed by atoms with van der Waals surface area (Å²) in [5.74, 6) is 0. The number of nitrogens with zero attached hydrogens (tertiary/aromatic N) is 1. The monoisotopic (exact) mass is 313 g/mol. The zero-order valence-corrected chi connectivity index (χ0v) is 13.3. The summed E-state index contributed by atoms with van der Waals surface area (Å²) in [5, 5.41) is 0. The molecule has 2 aromatic rings. The minimum Gasteiger partial charge on any atom is -0.266 e. The SMILES string of the molecule is Cc1ccc(S(=O)(=O)N2C=CCCC2c2ccccc2)cc1. The Balaban J connectivity index is 2.01. The van der Waals surface area contributed by atoms with Crippen LogP contribution in [-0.4, -0.2) is 12.7 Å². The number of hydrogen-bond donors (Lipinski definition) is 0. The van der Waals surface area contributed by atoms with Gasteiger partial charge in [0.1, 0.15) is 0 Å². The van der Waals surface area contributed by atoms with Crippen LogP contribution in [0.3, 0.4) is 0 Å². The number of allylic oxidation sites excluding steroid dienone is 1. The Morgan fingerprint density at radius 2 is 1.68 bits per heavy atom. The minimum atomic E-state index is -3.53. The molecule has 3 rings (SSSR count). The smallest absolute Gasteiger partial charge is 0.264 e. The first-order valence-corrected chi connectivity index (χ1v) is 8.85. The molecule has 114 valence electrons. The molecule has 2 aromatic carbocycles. The van der Waals surface area contributed by atoms with Gasteiger partial charge in [-0.05, 0) is 37.5 Å². The fraction of sp³-hybridized carbons (Fsp3) is 0.222. The molecule has 0 aromatic heterocycles. The van der Waals surface area contributed by atoms with Gasteiger partial charge in [0.05, 0.1) is 10.9 Å². The van der Waals surface area contributed by atoms with Crippen LogP contribution in [0.25, 0.3) is 0 Å². The van der Waals surface area contributed by atoms with Crippen LogP contribution in [-0.2, 0) is 10.0 Å². The second-order valence-corrected chi connectivity index (χ2v) is 7.38. The van der Waals surface area contributed by atoms with Gasteiger partial charge in [-0.25, -0.2) is 8.42 Å². The summed E-state index contributed by atoms with van der Waals surface area (Å²) in [5.41, 5.74) is 2.08. The summed E-state index contributed by atoms with van der Waals surface area (Å²) in [6.07, 6.45) is 5.31. The fourth-order valence-corrected chi connectivity index (χ4v) is 4.26. The molecule has 1 aliphatic rings. The van der Waals surface area contributed by atoms with Crippen LogP contribution in [0, 0.1) is 6.92 Å². The average molecular weight is 313 g/mol. The summed E-state index contributed by atoms with van der Waals surface area (Å²) < 4.78 is 27.4. The van der Waals surface area contributed by atoms with Crippen LogP contribution in [0.4, 0.5) is 0 Å². The molecule has 1 heterocycles. The van der Waals surface area contributed by atoms with Crippen molar-refractivity contribution in [2.75, 3.05) is 0 Å². The summed E-state index contributed by atoms with van der Waals surface area (Å²) >= 11 is 0. The van der Waals surface area contributed by atoms with Gasteiger partial charge in [-0.15, -0.1) is 0 Å². The van der Waals surface area contributed by atoms with Crippen molar-refractivity contribution in [3.05, 3.63) is 78.0 Å². The van der Waals surface area contributed by atoms with E-state index in [9.17, 15) is 8.42 Å². The van der Waals surface area contributed by atoms with Gasteiger partial charge < -0.3 is 0 Å². The van der Waals surface area contributed by atoms with Gasteiger partial charge in [-0.3, -0.25) is 4.31 Å². The van der Waals surface area contributed by atoms with E-state index in [0.717, 1.165) is 24.0 Å². The molecule has 0 saturated heterocycles. The number of rotatable bonds is 3. The lowest BCUT2D eigenvalue weighted by Crippen LogP contribution is -2.32. The lowest BCUT2D eigenvalue weighted by Gasteiger charge is -2.32. The van der Waals surface area contributed by atoms with E-state index in [1.54, 1.807) is 18.3 Å². The van der Waals surface area contributed by atoms with E-state index in [1.165, 1.54) is 4.31 Å². The van der Waals surface area contributed by atoms with Crippen LogP contribution in [0.2, 0.25) is 0 Å². The molecule has 0 N–H and O–H groups in total. The van der Waals surface area contributed by atoms with Gasteiger partial charge in [0.15, 0.2) is 0 Å². The number of aryl methyl sites for hydroxylation is 1. The number of benzene rings is 2. The zero-order chi connectivity index (χ0) is 15.6. The predicted octanol–water partition coefficient (Wildman–Crippen LogP) is 4.03. The minimum absolute atomic E-state index is 0.141. The van der Waals surface area contributed by atoms with Gasteiger partial charge in [-0.1, -0.05) is 54.1 Å². The first-order valence-electron chi connectivity index (χ1n) is 7.41. The van der Waals surface area contributed by atoms with Gasteiger partial charge in [0.25, 0.3) is 10.0 Å². The Labute approximate surface area is 132 Å². The molecule has 1 unspecified atom stereocenters. The molecule has 0 radical (unpaired) electrons. The maximum atomic E-state index is 13.0. The zero-order valence-electron chi connectivity index (χ0n) is 12.5. The summed E-state index contributed by atoms with van der Waals surface area (Å²) in [7, 11) is -3.53. The van der Waals surface area contributed by atoms with E-state index in [-0.39, 0.29) is 6.04 Å². The third-order valence-electron chi connectivity index (χ3n) is 3.95. The molecular weight excluding hydrogens is 294 g/mol. The molecule has 0 spiro atoms. The summed E-state index contributed by atoms with van der Waals surface area (Å²) in [4.78, 5) is 0.339. The highest BCUT2D eigenvalue weighted by atomic mass is 32.2. The molecule has 1 aliphatic heterocycles. The Bertz CT molecular complexity index is 764. The van der Waals surface area contributed by atoms with E-state index in [1.807, 2.05) is 55.5 Å². The van der Waals surface area contributed by atoms with Crippen molar-refractivity contribution in [3.8, 4) is 0 Å². The van der Waals surface area contributed by atoms with E-state index in [0.29, 0.717) is 4.90 Å². The van der Waals surface area contributed by atoms with Crippen molar-refractivity contribution in [2.45, 2.75) is 30.7 Å². The van der Waals surface area contributed by atoms with Gasteiger partial charge in [0.2, 0.25) is 0 Å².